The Morgan fingerprint density at radius 3 is 2.95 bits per heavy atom. The summed E-state index contributed by atoms with van der Waals surface area (Å²) in [6, 6.07) is 7.22. The average Bonchev–Trinajstić information content (AvgIpc) is 2.54. The number of nitrogens with zero attached hydrogens (tertiary/aromatic N) is 1. The van der Waals surface area contributed by atoms with Crippen molar-refractivity contribution in [3.8, 4) is 5.75 Å². The number of methoxy groups -OCH3 is 1. The summed E-state index contributed by atoms with van der Waals surface area (Å²) in [5, 5.41) is 3.53. The molecule has 3 nitrogen and oxygen atoms in total. The molecule has 0 bridgehead atoms. The molecule has 1 saturated heterocycles. The Morgan fingerprint density at radius 1 is 1.29 bits per heavy atom. The van der Waals surface area contributed by atoms with Gasteiger partial charge in [-0.15, -0.1) is 0 Å². The zero-order chi connectivity index (χ0) is 14.7. The lowest BCUT2D eigenvalue weighted by Gasteiger charge is -2.36. The van der Waals surface area contributed by atoms with Crippen LogP contribution in [0.15, 0.2) is 18.2 Å². The molecule has 1 N–H and O–H groups in total. The molecule has 0 saturated carbocycles. The maximum Gasteiger partial charge on any atom is 0.119 e. The number of nitrogens with one attached hydrogen (secondary N) is 1. The second-order valence-electron chi connectivity index (χ2n) is 6.62. The Hall–Kier alpha value is -1.06. The molecule has 1 heterocycles. The third kappa shape index (κ3) is 3.41. The van der Waals surface area contributed by atoms with Crippen LogP contribution in [0.5, 0.6) is 5.75 Å². The smallest absolute Gasteiger partial charge is 0.119 e. The normalized spacial score (nSPS) is 25.7. The molecule has 2 unspecified atom stereocenters. The fourth-order valence-corrected chi connectivity index (χ4v) is 3.96. The van der Waals surface area contributed by atoms with Crippen molar-refractivity contribution < 1.29 is 4.74 Å². The van der Waals surface area contributed by atoms with E-state index in [9.17, 15) is 0 Å². The molecule has 116 valence electrons. The largest absolute Gasteiger partial charge is 0.497 e. The third-order valence-electron chi connectivity index (χ3n) is 5.11. The van der Waals surface area contributed by atoms with Crippen molar-refractivity contribution in [2.75, 3.05) is 33.8 Å². The number of rotatable bonds is 4. The minimum absolute atomic E-state index is 0.585. The number of aryl methyl sites for hydroxylation is 1. The summed E-state index contributed by atoms with van der Waals surface area (Å²) in [5.41, 5.74) is 3.01. The molecule has 0 aromatic heterocycles. The van der Waals surface area contributed by atoms with Gasteiger partial charge >= 0.3 is 0 Å². The van der Waals surface area contributed by atoms with E-state index < -0.39 is 0 Å². The molecule has 2 aliphatic rings. The van der Waals surface area contributed by atoms with Gasteiger partial charge in [-0.3, -0.25) is 4.90 Å². The standard InChI is InChI=1S/C18H28N2O/c1-20(13-14-5-4-10-19-12-14)18-7-3-6-15-11-16(21-2)8-9-17(15)18/h8-9,11,14,18-19H,3-7,10,12-13H2,1-2H3. The Balaban J connectivity index is 1.71. The second-order valence-corrected chi connectivity index (χ2v) is 6.62. The number of benzene rings is 1. The van der Waals surface area contributed by atoms with E-state index in [0.29, 0.717) is 6.04 Å². The zero-order valence-corrected chi connectivity index (χ0v) is 13.4. The summed E-state index contributed by atoms with van der Waals surface area (Å²) in [7, 11) is 4.06. The Kier molecular flexibility index (Phi) is 4.81. The van der Waals surface area contributed by atoms with Gasteiger partial charge in [-0.1, -0.05) is 6.07 Å². The second kappa shape index (κ2) is 6.80. The first kappa shape index (κ1) is 14.9. The molecule has 1 aromatic rings. The first-order valence-corrected chi connectivity index (χ1v) is 8.35. The van der Waals surface area contributed by atoms with E-state index in [1.165, 1.54) is 62.9 Å². The molecule has 3 rings (SSSR count). The highest BCUT2D eigenvalue weighted by molar-refractivity contribution is 5.39. The summed E-state index contributed by atoms with van der Waals surface area (Å²) >= 11 is 0. The van der Waals surface area contributed by atoms with Crippen LogP contribution in [0.1, 0.15) is 42.9 Å². The van der Waals surface area contributed by atoms with Crippen molar-refractivity contribution in [2.24, 2.45) is 5.92 Å². The van der Waals surface area contributed by atoms with Crippen LogP contribution in [0.2, 0.25) is 0 Å². The van der Waals surface area contributed by atoms with Crippen LogP contribution in [0.25, 0.3) is 0 Å². The Morgan fingerprint density at radius 2 is 2.19 bits per heavy atom. The average molecular weight is 288 g/mol. The van der Waals surface area contributed by atoms with Crippen molar-refractivity contribution in [3.05, 3.63) is 29.3 Å². The predicted molar refractivity (Wildman–Crippen MR) is 86.9 cm³/mol. The molecule has 1 aromatic carbocycles. The van der Waals surface area contributed by atoms with Crippen molar-refractivity contribution in [1.82, 2.24) is 10.2 Å². The molecule has 21 heavy (non-hydrogen) atoms. The Bertz CT molecular complexity index is 468. The zero-order valence-electron chi connectivity index (χ0n) is 13.4. The van der Waals surface area contributed by atoms with Gasteiger partial charge in [-0.05, 0) is 81.4 Å². The van der Waals surface area contributed by atoms with Crippen LogP contribution < -0.4 is 10.1 Å². The van der Waals surface area contributed by atoms with Crippen LogP contribution in [0, 0.1) is 5.92 Å². The topological polar surface area (TPSA) is 24.5 Å². The van der Waals surface area contributed by atoms with E-state index in [2.05, 4.69) is 35.5 Å². The molecule has 3 heteroatoms. The molecule has 2 atom stereocenters. The fraction of sp³-hybridized carbons (Fsp3) is 0.667. The van der Waals surface area contributed by atoms with Crippen LogP contribution in [-0.2, 0) is 6.42 Å². The molecular weight excluding hydrogens is 260 g/mol. The van der Waals surface area contributed by atoms with E-state index in [1.807, 2.05) is 0 Å². The summed E-state index contributed by atoms with van der Waals surface area (Å²) in [6.45, 7) is 3.60. The van der Waals surface area contributed by atoms with Crippen LogP contribution in [0.4, 0.5) is 0 Å². The lowest BCUT2D eigenvalue weighted by Crippen LogP contribution is -2.38. The van der Waals surface area contributed by atoms with Gasteiger partial charge in [-0.25, -0.2) is 0 Å². The lowest BCUT2D eigenvalue weighted by atomic mass is 9.86. The number of piperidine rings is 1. The minimum Gasteiger partial charge on any atom is -0.497 e. The summed E-state index contributed by atoms with van der Waals surface area (Å²) in [4.78, 5) is 2.59. The van der Waals surface area contributed by atoms with Crippen molar-refractivity contribution in [2.45, 2.75) is 38.1 Å². The summed E-state index contributed by atoms with van der Waals surface area (Å²) < 4.78 is 5.38. The van der Waals surface area contributed by atoms with Gasteiger partial charge in [-0.2, -0.15) is 0 Å². The summed E-state index contributed by atoms with van der Waals surface area (Å²) in [5.74, 6) is 1.81. The van der Waals surface area contributed by atoms with Gasteiger partial charge in [0, 0.05) is 12.6 Å². The van der Waals surface area contributed by atoms with Crippen LogP contribution in [-0.4, -0.2) is 38.7 Å². The van der Waals surface area contributed by atoms with E-state index in [1.54, 1.807) is 7.11 Å². The van der Waals surface area contributed by atoms with Crippen molar-refractivity contribution in [3.63, 3.8) is 0 Å². The molecular formula is C18H28N2O. The molecule has 0 amide bonds. The maximum absolute atomic E-state index is 5.38. The van der Waals surface area contributed by atoms with Crippen molar-refractivity contribution >= 4 is 0 Å². The van der Waals surface area contributed by atoms with Crippen LogP contribution in [0.3, 0.4) is 0 Å². The first-order valence-electron chi connectivity index (χ1n) is 8.35. The van der Waals surface area contributed by atoms with Gasteiger partial charge in [0.05, 0.1) is 7.11 Å². The quantitative estimate of drug-likeness (QED) is 0.922. The van der Waals surface area contributed by atoms with E-state index in [0.717, 1.165) is 11.7 Å². The number of fused-ring (bicyclic) bond motifs is 1. The van der Waals surface area contributed by atoms with Gasteiger partial charge in [0.25, 0.3) is 0 Å². The predicted octanol–water partition coefficient (Wildman–Crippen LogP) is 3.00. The van der Waals surface area contributed by atoms with E-state index >= 15 is 0 Å². The number of hydrogen-bond donors (Lipinski definition) is 1. The van der Waals surface area contributed by atoms with E-state index in [4.69, 9.17) is 4.74 Å². The number of hydrogen-bond acceptors (Lipinski definition) is 3. The maximum atomic E-state index is 5.38. The molecule has 0 spiro atoms. The monoisotopic (exact) mass is 288 g/mol. The minimum atomic E-state index is 0.585. The SMILES string of the molecule is COc1ccc2c(c1)CCCC2N(C)CC1CCCNC1. The van der Waals surface area contributed by atoms with Gasteiger partial charge in [0.1, 0.15) is 5.75 Å². The Labute approximate surface area is 128 Å². The fourth-order valence-electron chi connectivity index (χ4n) is 3.96. The molecule has 1 fully saturated rings. The molecule has 1 aliphatic carbocycles. The number of ether oxygens (including phenoxy) is 1. The third-order valence-corrected chi connectivity index (χ3v) is 5.11. The van der Waals surface area contributed by atoms with Crippen molar-refractivity contribution in [1.29, 1.82) is 0 Å². The highest BCUT2D eigenvalue weighted by atomic mass is 16.5. The lowest BCUT2D eigenvalue weighted by molar-refractivity contribution is 0.174. The van der Waals surface area contributed by atoms with E-state index in [-0.39, 0.29) is 0 Å². The first-order chi connectivity index (χ1) is 10.3. The highest BCUT2D eigenvalue weighted by Crippen LogP contribution is 2.36. The van der Waals surface area contributed by atoms with Crippen LogP contribution >= 0.6 is 0 Å². The van der Waals surface area contributed by atoms with Gasteiger partial charge in [0.2, 0.25) is 0 Å². The summed E-state index contributed by atoms with van der Waals surface area (Å²) in [6.07, 6.45) is 6.48. The molecule has 0 radical (unpaired) electrons. The van der Waals surface area contributed by atoms with Gasteiger partial charge < -0.3 is 10.1 Å². The molecule has 1 aliphatic heterocycles. The van der Waals surface area contributed by atoms with Gasteiger partial charge in [0.15, 0.2) is 0 Å². The highest BCUT2D eigenvalue weighted by Gasteiger charge is 2.26.